The average Bonchev–Trinajstić information content (AvgIpc) is 2.93. The molecule has 0 radical (unpaired) electrons. The van der Waals surface area contributed by atoms with Gasteiger partial charge in [-0.25, -0.2) is 9.79 Å². The number of hydrogen-bond donors (Lipinski definition) is 1. The van der Waals surface area contributed by atoms with Crippen molar-refractivity contribution in [3.05, 3.63) is 71.3 Å². The number of amides is 1. The molecule has 1 N–H and O–H groups in total. The van der Waals surface area contributed by atoms with E-state index in [1.807, 2.05) is 61.5 Å². The number of esters is 1. The normalized spacial score (nSPS) is 17.2. The molecule has 37 heavy (non-hydrogen) atoms. The summed E-state index contributed by atoms with van der Waals surface area (Å²) < 4.78 is 5.55. The van der Waals surface area contributed by atoms with Crippen LogP contribution in [0.4, 0.5) is 5.69 Å². The number of anilines is 1. The van der Waals surface area contributed by atoms with Gasteiger partial charge in [0.1, 0.15) is 0 Å². The van der Waals surface area contributed by atoms with Crippen LogP contribution in [0.1, 0.15) is 76.0 Å². The minimum Gasteiger partial charge on any atom is -0.463 e. The number of ether oxygens (including phenoxy) is 1. The van der Waals surface area contributed by atoms with Gasteiger partial charge in [-0.3, -0.25) is 4.79 Å². The molecule has 1 fully saturated rings. The predicted octanol–water partition coefficient (Wildman–Crippen LogP) is 6.81. The molecule has 2 aromatic carbocycles. The molecule has 4 rings (SSSR count). The third kappa shape index (κ3) is 6.83. The monoisotopic (exact) mass is 519 g/mol. The highest BCUT2D eigenvalue weighted by atomic mass is 32.2. The van der Waals surface area contributed by atoms with E-state index in [1.165, 1.54) is 19.3 Å². The Hall–Kier alpha value is -3.06. The fraction of sp³-hybridized carbons (Fsp3) is 0.433. The standard InChI is InChI=1S/C30H37N3O3S/c1-3-5-6-7-11-15-25(34)31-24-18-16-23(17-19-24)28-26(29(35)36-4-2)27(22-13-9-8-10-14-22)32-30-33(28)20-12-21-37-30/h8-10,13-14,16-19,28H,3-7,11-12,15,20-21H2,1-2H3,(H,31,34). The van der Waals surface area contributed by atoms with Crippen LogP contribution in [0.15, 0.2) is 65.2 Å². The van der Waals surface area contributed by atoms with Crippen molar-refractivity contribution in [3.8, 4) is 0 Å². The minimum atomic E-state index is -0.342. The molecule has 2 aliphatic rings. The molecule has 0 spiro atoms. The predicted molar refractivity (Wildman–Crippen MR) is 152 cm³/mol. The van der Waals surface area contributed by atoms with Gasteiger partial charge in [0.05, 0.1) is 23.9 Å². The molecule has 2 aromatic rings. The fourth-order valence-corrected chi connectivity index (χ4v) is 5.77. The molecule has 1 amide bonds. The minimum absolute atomic E-state index is 0.0437. The average molecular weight is 520 g/mol. The number of benzene rings is 2. The number of thioether (sulfide) groups is 1. The Morgan fingerprint density at radius 1 is 1.03 bits per heavy atom. The SMILES string of the molecule is CCCCCCCC(=O)Nc1ccc(C2C(C(=O)OCC)=C(c3ccccc3)N=C3SCCCN32)cc1. The van der Waals surface area contributed by atoms with E-state index in [1.54, 1.807) is 11.8 Å². The molecule has 2 heterocycles. The van der Waals surface area contributed by atoms with Gasteiger partial charge >= 0.3 is 5.97 Å². The number of hydrogen-bond acceptors (Lipinski definition) is 6. The van der Waals surface area contributed by atoms with Crippen LogP contribution >= 0.6 is 11.8 Å². The lowest BCUT2D eigenvalue weighted by molar-refractivity contribution is -0.139. The molecule has 0 aliphatic carbocycles. The Kier molecular flexibility index (Phi) is 9.83. The highest BCUT2D eigenvalue weighted by Crippen LogP contribution is 2.43. The second kappa shape index (κ2) is 13.5. The van der Waals surface area contributed by atoms with Gasteiger partial charge in [-0.15, -0.1) is 0 Å². The highest BCUT2D eigenvalue weighted by molar-refractivity contribution is 8.13. The summed E-state index contributed by atoms with van der Waals surface area (Å²) in [5.41, 5.74) is 3.87. The number of aliphatic imine (C=N–C) groups is 1. The second-order valence-electron chi connectivity index (χ2n) is 9.38. The van der Waals surface area contributed by atoms with Crippen LogP contribution < -0.4 is 5.32 Å². The van der Waals surface area contributed by atoms with Crippen molar-refractivity contribution in [2.75, 3.05) is 24.2 Å². The van der Waals surface area contributed by atoms with E-state index in [2.05, 4.69) is 17.1 Å². The van der Waals surface area contributed by atoms with Crippen molar-refractivity contribution in [1.29, 1.82) is 0 Å². The molecule has 2 aliphatic heterocycles. The maximum absolute atomic E-state index is 13.4. The Balaban J connectivity index is 1.61. The van der Waals surface area contributed by atoms with Crippen LogP contribution in [0, 0.1) is 0 Å². The molecule has 1 atom stereocenters. The summed E-state index contributed by atoms with van der Waals surface area (Å²) in [6.07, 6.45) is 7.16. The van der Waals surface area contributed by atoms with E-state index < -0.39 is 0 Å². The van der Waals surface area contributed by atoms with Gasteiger partial charge in [0.2, 0.25) is 5.91 Å². The first-order chi connectivity index (χ1) is 18.1. The Bertz CT molecular complexity index is 1130. The number of amidine groups is 1. The molecular weight excluding hydrogens is 482 g/mol. The first-order valence-electron chi connectivity index (χ1n) is 13.5. The van der Waals surface area contributed by atoms with Crippen molar-refractivity contribution in [3.63, 3.8) is 0 Å². The van der Waals surface area contributed by atoms with E-state index in [9.17, 15) is 9.59 Å². The van der Waals surface area contributed by atoms with Crippen molar-refractivity contribution < 1.29 is 14.3 Å². The highest BCUT2D eigenvalue weighted by Gasteiger charge is 2.39. The number of unbranched alkanes of at least 4 members (excludes halogenated alkanes) is 4. The summed E-state index contributed by atoms with van der Waals surface area (Å²) in [5, 5.41) is 3.96. The molecule has 0 bridgehead atoms. The third-order valence-electron chi connectivity index (χ3n) is 6.63. The summed E-state index contributed by atoms with van der Waals surface area (Å²) in [6, 6.07) is 17.4. The Morgan fingerprint density at radius 3 is 2.51 bits per heavy atom. The number of rotatable bonds is 11. The van der Waals surface area contributed by atoms with Crippen molar-refractivity contribution in [2.45, 2.75) is 64.8 Å². The van der Waals surface area contributed by atoms with Gasteiger partial charge in [-0.1, -0.05) is 86.8 Å². The third-order valence-corrected chi connectivity index (χ3v) is 7.70. The Labute approximate surface area is 224 Å². The molecule has 7 heteroatoms. The number of carbonyl (C=O) groups excluding carboxylic acids is 2. The van der Waals surface area contributed by atoms with Gasteiger partial charge in [-0.05, 0) is 37.5 Å². The summed E-state index contributed by atoms with van der Waals surface area (Å²) in [4.78, 5) is 33.0. The summed E-state index contributed by atoms with van der Waals surface area (Å²) in [7, 11) is 0. The smallest absolute Gasteiger partial charge is 0.338 e. The van der Waals surface area contributed by atoms with Crippen molar-refractivity contribution >= 4 is 40.2 Å². The number of nitrogens with one attached hydrogen (secondary N) is 1. The van der Waals surface area contributed by atoms with E-state index >= 15 is 0 Å². The van der Waals surface area contributed by atoms with Crippen LogP contribution in [-0.2, 0) is 14.3 Å². The topological polar surface area (TPSA) is 71.0 Å². The van der Waals surface area contributed by atoms with Crippen LogP contribution in [0.25, 0.3) is 5.70 Å². The van der Waals surface area contributed by atoms with Crippen LogP contribution in [-0.4, -0.2) is 40.8 Å². The number of carbonyl (C=O) groups is 2. The zero-order chi connectivity index (χ0) is 26.0. The zero-order valence-electron chi connectivity index (χ0n) is 21.9. The van der Waals surface area contributed by atoms with E-state index in [4.69, 9.17) is 9.73 Å². The summed E-state index contributed by atoms with van der Waals surface area (Å²) in [5.74, 6) is 0.704. The number of fused-ring (bicyclic) bond motifs is 1. The molecule has 1 saturated heterocycles. The quantitative estimate of drug-likeness (QED) is 0.261. The largest absolute Gasteiger partial charge is 0.463 e. The summed E-state index contributed by atoms with van der Waals surface area (Å²) in [6.45, 7) is 5.13. The van der Waals surface area contributed by atoms with Gasteiger partial charge < -0.3 is 15.0 Å². The van der Waals surface area contributed by atoms with Crippen molar-refractivity contribution in [2.24, 2.45) is 4.99 Å². The van der Waals surface area contributed by atoms with Crippen LogP contribution in [0.3, 0.4) is 0 Å². The Morgan fingerprint density at radius 2 is 1.78 bits per heavy atom. The van der Waals surface area contributed by atoms with E-state index in [-0.39, 0.29) is 17.9 Å². The van der Waals surface area contributed by atoms with E-state index in [0.717, 1.165) is 53.5 Å². The number of nitrogens with zero attached hydrogens (tertiary/aromatic N) is 2. The molecule has 6 nitrogen and oxygen atoms in total. The lowest BCUT2D eigenvalue weighted by atomic mass is 9.91. The molecule has 196 valence electrons. The molecule has 0 saturated carbocycles. The van der Waals surface area contributed by atoms with Gasteiger partial charge in [-0.2, -0.15) is 0 Å². The molecule has 0 aromatic heterocycles. The maximum Gasteiger partial charge on any atom is 0.338 e. The van der Waals surface area contributed by atoms with Gasteiger partial charge in [0.15, 0.2) is 5.17 Å². The first kappa shape index (κ1) is 27.0. The van der Waals surface area contributed by atoms with Crippen LogP contribution in [0.2, 0.25) is 0 Å². The lowest BCUT2D eigenvalue weighted by Gasteiger charge is -2.41. The van der Waals surface area contributed by atoms with Crippen molar-refractivity contribution in [1.82, 2.24) is 4.90 Å². The lowest BCUT2D eigenvalue weighted by Crippen LogP contribution is -2.42. The van der Waals surface area contributed by atoms with E-state index in [0.29, 0.717) is 24.3 Å². The zero-order valence-corrected chi connectivity index (χ0v) is 22.7. The maximum atomic E-state index is 13.4. The van der Waals surface area contributed by atoms with Gasteiger partial charge in [0, 0.05) is 30.0 Å². The molecule has 1 unspecified atom stereocenters. The second-order valence-corrected chi connectivity index (χ2v) is 10.4. The first-order valence-corrected chi connectivity index (χ1v) is 14.5. The fourth-order valence-electron chi connectivity index (χ4n) is 4.80. The molecular formula is C30H37N3O3S. The summed E-state index contributed by atoms with van der Waals surface area (Å²) >= 11 is 1.73. The van der Waals surface area contributed by atoms with Gasteiger partial charge in [0.25, 0.3) is 0 Å². The van der Waals surface area contributed by atoms with Crippen LogP contribution in [0.5, 0.6) is 0 Å².